The molecular weight excluding hydrogens is 288 g/mol. The van der Waals surface area contributed by atoms with Crippen LogP contribution in [-0.2, 0) is 6.61 Å². The Labute approximate surface area is 105 Å². The summed E-state index contributed by atoms with van der Waals surface area (Å²) in [5.41, 5.74) is 0.895. The number of carbonyl (C=O) groups is 1. The molecule has 0 bridgehead atoms. The van der Waals surface area contributed by atoms with E-state index in [0.29, 0.717) is 5.56 Å². The number of carboxylic acids is 1. The van der Waals surface area contributed by atoms with Crippen molar-refractivity contribution in [1.29, 1.82) is 0 Å². The van der Waals surface area contributed by atoms with Crippen LogP contribution in [0.5, 0.6) is 0 Å². The first-order chi connectivity index (χ1) is 8.11. The number of halogens is 1. The van der Waals surface area contributed by atoms with Crippen LogP contribution in [0.3, 0.4) is 0 Å². The highest BCUT2D eigenvalue weighted by atomic mass is 79.9. The molecule has 2 aromatic rings. The van der Waals surface area contributed by atoms with E-state index in [1.165, 1.54) is 10.9 Å². The predicted molar refractivity (Wildman–Crippen MR) is 64.1 cm³/mol. The lowest BCUT2D eigenvalue weighted by atomic mass is 10.2. The molecule has 1 heterocycles. The number of aliphatic hydroxyl groups excluding tert-OH is 1. The van der Waals surface area contributed by atoms with Crippen molar-refractivity contribution in [3.05, 3.63) is 46.2 Å². The minimum atomic E-state index is -1.15. The van der Waals surface area contributed by atoms with E-state index in [-0.39, 0.29) is 12.3 Å². The van der Waals surface area contributed by atoms with E-state index in [0.717, 1.165) is 10.2 Å². The van der Waals surface area contributed by atoms with E-state index >= 15 is 0 Å². The number of aromatic carboxylic acids is 1. The van der Waals surface area contributed by atoms with Crippen LogP contribution in [-0.4, -0.2) is 26.0 Å². The number of hydrogen-bond donors (Lipinski definition) is 2. The zero-order valence-electron chi connectivity index (χ0n) is 8.67. The van der Waals surface area contributed by atoms with Crippen LogP contribution >= 0.6 is 15.9 Å². The minimum Gasteiger partial charge on any atom is -0.476 e. The molecule has 88 valence electrons. The number of benzene rings is 1. The third kappa shape index (κ3) is 2.37. The lowest BCUT2D eigenvalue weighted by Crippen LogP contribution is -2.02. The molecule has 0 aliphatic rings. The van der Waals surface area contributed by atoms with Crippen molar-refractivity contribution in [3.63, 3.8) is 0 Å². The molecule has 0 radical (unpaired) electrons. The molecule has 0 unspecified atom stereocenters. The average Bonchev–Trinajstić information content (AvgIpc) is 2.74. The summed E-state index contributed by atoms with van der Waals surface area (Å²) in [7, 11) is 0. The van der Waals surface area contributed by atoms with E-state index in [4.69, 9.17) is 10.2 Å². The molecule has 0 amide bonds. The van der Waals surface area contributed by atoms with Crippen LogP contribution in [0.15, 0.2) is 34.9 Å². The Morgan fingerprint density at radius 2 is 2.00 bits per heavy atom. The first-order valence-electron chi connectivity index (χ1n) is 4.80. The molecule has 0 spiro atoms. The zero-order chi connectivity index (χ0) is 12.4. The molecule has 2 N–H and O–H groups in total. The van der Waals surface area contributed by atoms with Crippen LogP contribution < -0.4 is 0 Å². The number of aromatic nitrogens is 2. The van der Waals surface area contributed by atoms with Crippen molar-refractivity contribution >= 4 is 21.9 Å². The molecule has 6 heteroatoms. The zero-order valence-corrected chi connectivity index (χ0v) is 10.3. The molecule has 1 aromatic heterocycles. The molecular formula is C11H9BrN2O3. The lowest BCUT2D eigenvalue weighted by Gasteiger charge is -2.00. The smallest absolute Gasteiger partial charge is 0.356 e. The quantitative estimate of drug-likeness (QED) is 0.906. The molecule has 1 aromatic carbocycles. The van der Waals surface area contributed by atoms with E-state index in [1.807, 2.05) is 12.1 Å². The standard InChI is InChI=1S/C11H9BrN2O3/c12-8-1-3-9(4-2-8)14-5-7(6-15)10(13-14)11(16)17/h1-5,15H,6H2,(H,16,17). The first kappa shape index (κ1) is 11.8. The summed E-state index contributed by atoms with van der Waals surface area (Å²) in [5, 5.41) is 21.9. The first-order valence-corrected chi connectivity index (χ1v) is 5.59. The van der Waals surface area contributed by atoms with Gasteiger partial charge in [0.2, 0.25) is 0 Å². The lowest BCUT2D eigenvalue weighted by molar-refractivity contribution is 0.0686. The van der Waals surface area contributed by atoms with E-state index < -0.39 is 5.97 Å². The molecule has 0 aliphatic heterocycles. The normalized spacial score (nSPS) is 10.5. The molecule has 0 saturated carbocycles. The summed E-state index contributed by atoms with van der Waals surface area (Å²) in [4.78, 5) is 10.9. The monoisotopic (exact) mass is 296 g/mol. The second kappa shape index (κ2) is 4.68. The summed E-state index contributed by atoms with van der Waals surface area (Å²) in [6.45, 7) is -0.349. The van der Waals surface area contributed by atoms with Gasteiger partial charge in [-0.3, -0.25) is 0 Å². The topological polar surface area (TPSA) is 75.3 Å². The number of aliphatic hydroxyl groups is 1. The van der Waals surface area contributed by atoms with Gasteiger partial charge in [0.1, 0.15) is 0 Å². The van der Waals surface area contributed by atoms with E-state index in [2.05, 4.69) is 21.0 Å². The number of hydrogen-bond acceptors (Lipinski definition) is 3. The fraction of sp³-hybridized carbons (Fsp3) is 0.0909. The van der Waals surface area contributed by atoms with Gasteiger partial charge in [-0.05, 0) is 24.3 Å². The summed E-state index contributed by atoms with van der Waals surface area (Å²) in [6.07, 6.45) is 1.51. The molecule has 17 heavy (non-hydrogen) atoms. The van der Waals surface area contributed by atoms with Crippen molar-refractivity contribution < 1.29 is 15.0 Å². The Hall–Kier alpha value is -1.66. The van der Waals surface area contributed by atoms with Gasteiger partial charge in [0, 0.05) is 16.2 Å². The van der Waals surface area contributed by atoms with Gasteiger partial charge >= 0.3 is 5.97 Å². The maximum absolute atomic E-state index is 10.9. The van der Waals surface area contributed by atoms with Gasteiger partial charge < -0.3 is 10.2 Å². The second-order valence-electron chi connectivity index (χ2n) is 3.39. The third-order valence-electron chi connectivity index (χ3n) is 2.25. The van der Waals surface area contributed by atoms with E-state index in [1.54, 1.807) is 12.1 Å². The minimum absolute atomic E-state index is 0.129. The van der Waals surface area contributed by atoms with Gasteiger partial charge in [-0.15, -0.1) is 0 Å². The van der Waals surface area contributed by atoms with Gasteiger partial charge in [-0.25, -0.2) is 9.48 Å². The number of rotatable bonds is 3. The van der Waals surface area contributed by atoms with Crippen molar-refractivity contribution in [2.45, 2.75) is 6.61 Å². The Morgan fingerprint density at radius 1 is 1.35 bits per heavy atom. The Balaban J connectivity index is 2.46. The molecule has 5 nitrogen and oxygen atoms in total. The van der Waals surface area contributed by atoms with Crippen LogP contribution in [0.4, 0.5) is 0 Å². The maximum atomic E-state index is 10.9. The van der Waals surface area contributed by atoms with Crippen LogP contribution in [0.1, 0.15) is 16.1 Å². The van der Waals surface area contributed by atoms with Gasteiger partial charge in [0.15, 0.2) is 5.69 Å². The van der Waals surface area contributed by atoms with Crippen molar-refractivity contribution in [2.75, 3.05) is 0 Å². The third-order valence-corrected chi connectivity index (χ3v) is 2.78. The fourth-order valence-corrected chi connectivity index (χ4v) is 1.70. The highest BCUT2D eigenvalue weighted by Gasteiger charge is 2.15. The fourth-order valence-electron chi connectivity index (χ4n) is 1.43. The molecule has 0 aliphatic carbocycles. The van der Waals surface area contributed by atoms with Crippen molar-refractivity contribution in [3.8, 4) is 5.69 Å². The van der Waals surface area contributed by atoms with Crippen LogP contribution in [0.25, 0.3) is 5.69 Å². The highest BCUT2D eigenvalue weighted by Crippen LogP contribution is 2.16. The van der Waals surface area contributed by atoms with Crippen LogP contribution in [0, 0.1) is 0 Å². The SMILES string of the molecule is O=C(O)c1nn(-c2ccc(Br)cc2)cc1CO. The van der Waals surface area contributed by atoms with Gasteiger partial charge in [-0.2, -0.15) is 5.10 Å². The number of carboxylic acid groups (broad SMARTS) is 1. The summed E-state index contributed by atoms with van der Waals surface area (Å²) < 4.78 is 2.36. The largest absolute Gasteiger partial charge is 0.476 e. The van der Waals surface area contributed by atoms with Crippen LogP contribution in [0.2, 0.25) is 0 Å². The Kier molecular flexibility index (Phi) is 3.26. The molecule has 2 rings (SSSR count). The maximum Gasteiger partial charge on any atom is 0.356 e. The summed E-state index contributed by atoms with van der Waals surface area (Å²) >= 11 is 3.31. The highest BCUT2D eigenvalue weighted by molar-refractivity contribution is 9.10. The molecule has 0 fully saturated rings. The summed E-state index contributed by atoms with van der Waals surface area (Å²) in [5.74, 6) is -1.15. The molecule has 0 atom stereocenters. The average molecular weight is 297 g/mol. The Morgan fingerprint density at radius 3 is 2.47 bits per heavy atom. The van der Waals surface area contributed by atoms with E-state index in [9.17, 15) is 4.79 Å². The Bertz CT molecular complexity index is 548. The summed E-state index contributed by atoms with van der Waals surface area (Å²) in [6, 6.07) is 7.25. The second-order valence-corrected chi connectivity index (χ2v) is 4.30. The molecule has 0 saturated heterocycles. The van der Waals surface area contributed by atoms with Gasteiger partial charge in [-0.1, -0.05) is 15.9 Å². The van der Waals surface area contributed by atoms with Gasteiger partial charge in [0.25, 0.3) is 0 Å². The van der Waals surface area contributed by atoms with Crippen molar-refractivity contribution in [2.24, 2.45) is 0 Å². The van der Waals surface area contributed by atoms with Gasteiger partial charge in [0.05, 0.1) is 12.3 Å². The predicted octanol–water partition coefficient (Wildman–Crippen LogP) is 1.83. The number of nitrogens with zero attached hydrogens (tertiary/aromatic N) is 2. The van der Waals surface area contributed by atoms with Crippen molar-refractivity contribution in [1.82, 2.24) is 9.78 Å².